The summed E-state index contributed by atoms with van der Waals surface area (Å²) in [5, 5.41) is 4.66. The minimum Gasteiger partial charge on any atom is -0.497 e. The summed E-state index contributed by atoms with van der Waals surface area (Å²) in [6, 6.07) is 8.60. The number of rotatable bonds is 4. The molecule has 0 saturated carbocycles. The Balaban J connectivity index is 1.44. The molecule has 0 spiro atoms. The first-order valence-corrected chi connectivity index (χ1v) is 8.88. The number of hydrogen-bond donors (Lipinski definition) is 0. The van der Waals surface area contributed by atoms with Gasteiger partial charge in [0.1, 0.15) is 18.1 Å². The van der Waals surface area contributed by atoms with Gasteiger partial charge in [-0.1, -0.05) is 0 Å². The van der Waals surface area contributed by atoms with Gasteiger partial charge in [-0.15, -0.1) is 0 Å². The Hall–Kier alpha value is -2.27. The molecule has 1 fully saturated rings. The first-order chi connectivity index (χ1) is 12.1. The van der Waals surface area contributed by atoms with Gasteiger partial charge in [-0.2, -0.15) is 5.10 Å². The van der Waals surface area contributed by atoms with Crippen molar-refractivity contribution >= 4 is 6.08 Å². The highest BCUT2D eigenvalue weighted by molar-refractivity contribution is 5.64. The number of methoxy groups -OCH3 is 1. The molecule has 3 heterocycles. The van der Waals surface area contributed by atoms with Crippen LogP contribution in [0.25, 0.3) is 6.08 Å². The molecular formula is C20H25N3O2. The lowest BCUT2D eigenvalue weighted by Crippen LogP contribution is -2.27. The number of ether oxygens (including phenoxy) is 2. The van der Waals surface area contributed by atoms with Crippen molar-refractivity contribution in [1.29, 1.82) is 0 Å². The molecule has 5 nitrogen and oxygen atoms in total. The molecule has 132 valence electrons. The minimum atomic E-state index is 0.478. The van der Waals surface area contributed by atoms with E-state index in [0.29, 0.717) is 12.6 Å². The molecule has 5 heteroatoms. The zero-order valence-electron chi connectivity index (χ0n) is 15.2. The summed E-state index contributed by atoms with van der Waals surface area (Å²) in [7, 11) is 1.69. The summed E-state index contributed by atoms with van der Waals surface area (Å²) in [6.07, 6.45) is 3.40. The third-order valence-corrected chi connectivity index (χ3v) is 5.05. The highest BCUT2D eigenvalue weighted by Gasteiger charge is 2.26. The lowest BCUT2D eigenvalue weighted by molar-refractivity contribution is 0.301. The molecule has 0 amide bonds. The van der Waals surface area contributed by atoms with Gasteiger partial charge < -0.3 is 9.47 Å². The van der Waals surface area contributed by atoms with E-state index >= 15 is 0 Å². The SMILES string of the molecule is COc1ccc2c(c1)C=C(CN1CCC(n3nc(C)cc3C)C1)CO2. The van der Waals surface area contributed by atoms with Crippen LogP contribution in [-0.4, -0.2) is 48.0 Å². The predicted octanol–water partition coefficient (Wildman–Crippen LogP) is 3.23. The first kappa shape index (κ1) is 16.2. The van der Waals surface area contributed by atoms with Crippen LogP contribution in [0.1, 0.15) is 29.4 Å². The fraction of sp³-hybridized carbons (Fsp3) is 0.450. The van der Waals surface area contributed by atoms with Crippen LogP contribution in [0.5, 0.6) is 11.5 Å². The number of aromatic nitrogens is 2. The van der Waals surface area contributed by atoms with Gasteiger partial charge in [0.15, 0.2) is 0 Å². The lowest BCUT2D eigenvalue weighted by atomic mass is 10.1. The molecule has 25 heavy (non-hydrogen) atoms. The van der Waals surface area contributed by atoms with E-state index in [1.165, 1.54) is 11.3 Å². The molecule has 2 aromatic rings. The average molecular weight is 339 g/mol. The standard InChI is InChI=1S/C20H25N3O2/c1-14-8-15(2)23(21-14)18-6-7-22(12-18)11-16-9-17-10-19(24-3)4-5-20(17)25-13-16/h4-5,8-10,18H,6-7,11-13H2,1-3H3. The van der Waals surface area contributed by atoms with Gasteiger partial charge in [0.2, 0.25) is 0 Å². The molecule has 1 unspecified atom stereocenters. The van der Waals surface area contributed by atoms with E-state index in [1.807, 2.05) is 18.2 Å². The third-order valence-electron chi connectivity index (χ3n) is 5.05. The van der Waals surface area contributed by atoms with Gasteiger partial charge in [0.25, 0.3) is 0 Å². The topological polar surface area (TPSA) is 39.5 Å². The maximum Gasteiger partial charge on any atom is 0.127 e. The lowest BCUT2D eigenvalue weighted by Gasteiger charge is -2.23. The summed E-state index contributed by atoms with van der Waals surface area (Å²) in [5.74, 6) is 1.80. The third kappa shape index (κ3) is 3.29. The molecule has 0 bridgehead atoms. The summed E-state index contributed by atoms with van der Waals surface area (Å²) < 4.78 is 13.4. The van der Waals surface area contributed by atoms with Crippen molar-refractivity contribution in [2.45, 2.75) is 26.3 Å². The van der Waals surface area contributed by atoms with E-state index < -0.39 is 0 Å². The zero-order valence-corrected chi connectivity index (χ0v) is 15.2. The second kappa shape index (κ2) is 6.56. The zero-order chi connectivity index (χ0) is 17.4. The van der Waals surface area contributed by atoms with Crippen LogP contribution in [0.3, 0.4) is 0 Å². The van der Waals surface area contributed by atoms with E-state index in [4.69, 9.17) is 9.47 Å². The van der Waals surface area contributed by atoms with Crippen LogP contribution in [0.15, 0.2) is 29.8 Å². The molecule has 0 N–H and O–H groups in total. The van der Waals surface area contributed by atoms with Crippen LogP contribution in [0.2, 0.25) is 0 Å². The van der Waals surface area contributed by atoms with Crippen molar-refractivity contribution in [3.05, 3.63) is 46.8 Å². The van der Waals surface area contributed by atoms with Crippen LogP contribution in [0.4, 0.5) is 0 Å². The van der Waals surface area contributed by atoms with E-state index in [9.17, 15) is 0 Å². The smallest absolute Gasteiger partial charge is 0.127 e. The molecule has 4 rings (SSSR count). The van der Waals surface area contributed by atoms with Crippen molar-refractivity contribution < 1.29 is 9.47 Å². The normalized spacial score (nSPS) is 20.1. The molecule has 1 atom stereocenters. The number of nitrogens with zero attached hydrogens (tertiary/aromatic N) is 3. The molecule has 0 radical (unpaired) electrons. The van der Waals surface area contributed by atoms with Crippen LogP contribution >= 0.6 is 0 Å². The molecule has 0 aliphatic carbocycles. The Bertz CT molecular complexity index is 809. The second-order valence-electron chi connectivity index (χ2n) is 7.04. The second-order valence-corrected chi connectivity index (χ2v) is 7.04. The maximum absolute atomic E-state index is 5.91. The Morgan fingerprint density at radius 3 is 2.92 bits per heavy atom. The van der Waals surface area contributed by atoms with Gasteiger partial charge in [0.05, 0.1) is 18.8 Å². The number of hydrogen-bond acceptors (Lipinski definition) is 4. The fourth-order valence-corrected chi connectivity index (χ4v) is 3.88. The van der Waals surface area contributed by atoms with Gasteiger partial charge in [-0.3, -0.25) is 9.58 Å². The largest absolute Gasteiger partial charge is 0.497 e. The minimum absolute atomic E-state index is 0.478. The van der Waals surface area contributed by atoms with Gasteiger partial charge >= 0.3 is 0 Å². The van der Waals surface area contributed by atoms with Crippen molar-refractivity contribution in [2.75, 3.05) is 33.4 Å². The molecule has 2 aliphatic heterocycles. The fourth-order valence-electron chi connectivity index (χ4n) is 3.88. The summed E-state index contributed by atoms with van der Waals surface area (Å²) in [4.78, 5) is 2.50. The molecule has 2 aliphatic rings. The average Bonchev–Trinajstić information content (AvgIpc) is 3.20. The van der Waals surface area contributed by atoms with E-state index in [0.717, 1.165) is 48.8 Å². The van der Waals surface area contributed by atoms with E-state index in [2.05, 4.69) is 40.7 Å². The Morgan fingerprint density at radius 1 is 1.28 bits per heavy atom. The molecule has 1 aromatic heterocycles. The Kier molecular flexibility index (Phi) is 4.25. The molecular weight excluding hydrogens is 314 g/mol. The van der Waals surface area contributed by atoms with Gasteiger partial charge in [0, 0.05) is 30.9 Å². The first-order valence-electron chi connectivity index (χ1n) is 8.88. The molecule has 1 aromatic carbocycles. The Morgan fingerprint density at radius 2 is 2.16 bits per heavy atom. The van der Waals surface area contributed by atoms with Crippen molar-refractivity contribution in [2.24, 2.45) is 0 Å². The van der Waals surface area contributed by atoms with Gasteiger partial charge in [-0.25, -0.2) is 0 Å². The number of aryl methyl sites for hydroxylation is 2. The van der Waals surface area contributed by atoms with E-state index in [-0.39, 0.29) is 0 Å². The van der Waals surface area contributed by atoms with Crippen LogP contribution < -0.4 is 9.47 Å². The summed E-state index contributed by atoms with van der Waals surface area (Å²) in [5.41, 5.74) is 4.78. The van der Waals surface area contributed by atoms with Gasteiger partial charge in [-0.05, 0) is 56.2 Å². The predicted molar refractivity (Wildman–Crippen MR) is 98.3 cm³/mol. The monoisotopic (exact) mass is 339 g/mol. The number of fused-ring (bicyclic) bond motifs is 1. The van der Waals surface area contributed by atoms with Crippen molar-refractivity contribution in [3.63, 3.8) is 0 Å². The number of benzene rings is 1. The highest BCUT2D eigenvalue weighted by Crippen LogP contribution is 2.31. The van der Waals surface area contributed by atoms with E-state index in [1.54, 1.807) is 7.11 Å². The Labute approximate surface area is 148 Å². The highest BCUT2D eigenvalue weighted by atomic mass is 16.5. The van der Waals surface area contributed by atoms with Crippen LogP contribution in [-0.2, 0) is 0 Å². The van der Waals surface area contributed by atoms with Crippen molar-refractivity contribution in [1.82, 2.24) is 14.7 Å². The van der Waals surface area contributed by atoms with Crippen LogP contribution in [0, 0.1) is 13.8 Å². The maximum atomic E-state index is 5.91. The summed E-state index contributed by atoms with van der Waals surface area (Å²) >= 11 is 0. The molecule has 1 saturated heterocycles. The summed E-state index contributed by atoms with van der Waals surface area (Å²) in [6.45, 7) is 7.97. The quantitative estimate of drug-likeness (QED) is 0.857. The van der Waals surface area contributed by atoms with Crippen molar-refractivity contribution in [3.8, 4) is 11.5 Å². The number of likely N-dealkylation sites (tertiary alicyclic amines) is 1.